The minimum atomic E-state index is -4.34. The summed E-state index contributed by atoms with van der Waals surface area (Å²) in [6, 6.07) is 0. The van der Waals surface area contributed by atoms with Crippen LogP contribution in [-0.4, -0.2) is 32.0 Å². The second-order valence-corrected chi connectivity index (χ2v) is 3.57. The maximum Gasteiger partial charge on any atom is 0.414 e. The van der Waals surface area contributed by atoms with Gasteiger partial charge in [-0.25, -0.2) is 0 Å². The lowest BCUT2D eigenvalue weighted by molar-refractivity contribution is -0.236. The molecule has 1 saturated heterocycles. The molecule has 1 aliphatic heterocycles. The SMILES string of the molecule is COC(=O)CC1CCOC(C(F)(F)F)C1. The molecule has 1 rings (SSSR count). The van der Waals surface area contributed by atoms with Gasteiger partial charge in [-0.15, -0.1) is 0 Å². The van der Waals surface area contributed by atoms with E-state index in [1.165, 1.54) is 7.11 Å². The summed E-state index contributed by atoms with van der Waals surface area (Å²) in [5.41, 5.74) is 0. The van der Waals surface area contributed by atoms with E-state index in [0.717, 1.165) is 0 Å². The zero-order chi connectivity index (χ0) is 11.5. The Morgan fingerprint density at radius 3 is 2.73 bits per heavy atom. The van der Waals surface area contributed by atoms with E-state index in [9.17, 15) is 18.0 Å². The first kappa shape index (κ1) is 12.3. The molecule has 0 saturated carbocycles. The Kier molecular flexibility index (Phi) is 3.96. The van der Waals surface area contributed by atoms with Gasteiger partial charge in [-0.3, -0.25) is 4.79 Å². The van der Waals surface area contributed by atoms with E-state index < -0.39 is 18.2 Å². The summed E-state index contributed by atoms with van der Waals surface area (Å²) in [6.45, 7) is 0.0475. The van der Waals surface area contributed by atoms with Crippen LogP contribution in [0, 0.1) is 5.92 Å². The lowest BCUT2D eigenvalue weighted by Gasteiger charge is -2.30. The highest BCUT2D eigenvalue weighted by molar-refractivity contribution is 5.69. The summed E-state index contributed by atoms with van der Waals surface area (Å²) < 4.78 is 45.9. The first-order valence-corrected chi connectivity index (χ1v) is 4.68. The third-order valence-electron chi connectivity index (χ3n) is 2.44. The van der Waals surface area contributed by atoms with Crippen LogP contribution < -0.4 is 0 Å². The number of ether oxygens (including phenoxy) is 2. The lowest BCUT2D eigenvalue weighted by atomic mass is 9.92. The van der Waals surface area contributed by atoms with Crippen LogP contribution in [0.3, 0.4) is 0 Å². The second kappa shape index (κ2) is 4.83. The number of halogens is 3. The van der Waals surface area contributed by atoms with Gasteiger partial charge < -0.3 is 9.47 Å². The summed E-state index contributed by atoms with van der Waals surface area (Å²) in [7, 11) is 1.23. The number of rotatable bonds is 2. The van der Waals surface area contributed by atoms with Crippen LogP contribution in [0.2, 0.25) is 0 Å². The molecule has 0 bridgehead atoms. The average molecular weight is 226 g/mol. The molecule has 0 amide bonds. The molecule has 88 valence electrons. The molecule has 2 atom stereocenters. The third kappa shape index (κ3) is 3.70. The quantitative estimate of drug-likeness (QED) is 0.675. The normalized spacial score (nSPS) is 27.5. The molecule has 1 aliphatic rings. The molecular formula is C9H13F3O3. The van der Waals surface area contributed by atoms with E-state index in [1.807, 2.05) is 0 Å². The van der Waals surface area contributed by atoms with Crippen molar-refractivity contribution in [2.45, 2.75) is 31.5 Å². The number of carbonyl (C=O) groups is 1. The molecule has 3 nitrogen and oxygen atoms in total. The Labute approximate surface area is 85.5 Å². The van der Waals surface area contributed by atoms with Gasteiger partial charge in [0.2, 0.25) is 0 Å². The molecule has 15 heavy (non-hydrogen) atoms. The number of methoxy groups -OCH3 is 1. The predicted octanol–water partition coefficient (Wildman–Crippen LogP) is 1.91. The van der Waals surface area contributed by atoms with Crippen molar-refractivity contribution in [2.75, 3.05) is 13.7 Å². The standard InChI is InChI=1S/C9H13F3O3/c1-14-8(13)5-6-2-3-15-7(4-6)9(10,11)12/h6-7H,2-5H2,1H3. The fraction of sp³-hybridized carbons (Fsp3) is 0.889. The van der Waals surface area contributed by atoms with Crippen LogP contribution in [0.25, 0.3) is 0 Å². The molecule has 1 fully saturated rings. The molecule has 0 N–H and O–H groups in total. The smallest absolute Gasteiger partial charge is 0.414 e. The van der Waals surface area contributed by atoms with Gasteiger partial charge in [-0.2, -0.15) is 13.2 Å². The van der Waals surface area contributed by atoms with E-state index in [1.54, 1.807) is 0 Å². The van der Waals surface area contributed by atoms with Crippen molar-refractivity contribution in [1.82, 2.24) is 0 Å². The van der Waals surface area contributed by atoms with Crippen LogP contribution >= 0.6 is 0 Å². The Morgan fingerprint density at radius 1 is 1.53 bits per heavy atom. The second-order valence-electron chi connectivity index (χ2n) is 3.57. The van der Waals surface area contributed by atoms with Gasteiger partial charge in [0, 0.05) is 13.0 Å². The van der Waals surface area contributed by atoms with Crippen LogP contribution in [0.15, 0.2) is 0 Å². The molecule has 2 unspecified atom stereocenters. The number of alkyl halides is 3. The zero-order valence-electron chi connectivity index (χ0n) is 8.34. The van der Waals surface area contributed by atoms with E-state index >= 15 is 0 Å². The Hall–Kier alpha value is -0.780. The van der Waals surface area contributed by atoms with Gasteiger partial charge in [-0.1, -0.05) is 0 Å². The first-order chi connectivity index (χ1) is 6.93. The fourth-order valence-corrected chi connectivity index (χ4v) is 1.60. The zero-order valence-corrected chi connectivity index (χ0v) is 8.34. The van der Waals surface area contributed by atoms with Crippen molar-refractivity contribution in [3.63, 3.8) is 0 Å². The topological polar surface area (TPSA) is 35.5 Å². The maximum atomic E-state index is 12.3. The van der Waals surface area contributed by atoms with Gasteiger partial charge in [0.1, 0.15) is 0 Å². The van der Waals surface area contributed by atoms with Gasteiger partial charge >= 0.3 is 12.1 Å². The highest BCUT2D eigenvalue weighted by Crippen LogP contribution is 2.33. The van der Waals surface area contributed by atoms with E-state index in [2.05, 4.69) is 9.47 Å². The monoisotopic (exact) mass is 226 g/mol. The number of esters is 1. The minimum absolute atomic E-state index is 0.0342. The molecule has 0 spiro atoms. The molecule has 6 heteroatoms. The predicted molar refractivity (Wildman–Crippen MR) is 45.2 cm³/mol. The highest BCUT2D eigenvalue weighted by Gasteiger charge is 2.43. The van der Waals surface area contributed by atoms with Crippen molar-refractivity contribution in [2.24, 2.45) is 5.92 Å². The van der Waals surface area contributed by atoms with Crippen molar-refractivity contribution >= 4 is 5.97 Å². The molecule has 1 heterocycles. The number of hydrogen-bond acceptors (Lipinski definition) is 3. The van der Waals surface area contributed by atoms with Gasteiger partial charge in [0.25, 0.3) is 0 Å². The van der Waals surface area contributed by atoms with Crippen LogP contribution in [-0.2, 0) is 14.3 Å². The summed E-state index contributed by atoms with van der Waals surface area (Å²) in [5, 5.41) is 0. The molecular weight excluding hydrogens is 213 g/mol. The molecule has 0 aromatic rings. The van der Waals surface area contributed by atoms with Gasteiger partial charge in [-0.05, 0) is 18.8 Å². The summed E-state index contributed by atoms with van der Waals surface area (Å²) in [6.07, 6.45) is -5.72. The molecule has 0 radical (unpaired) electrons. The van der Waals surface area contributed by atoms with E-state index in [4.69, 9.17) is 0 Å². The van der Waals surface area contributed by atoms with Crippen LogP contribution in [0.4, 0.5) is 13.2 Å². The number of carbonyl (C=O) groups excluding carboxylic acids is 1. The molecule has 0 aromatic carbocycles. The Bertz CT molecular complexity index is 227. The molecule has 0 aliphatic carbocycles. The number of hydrogen-bond donors (Lipinski definition) is 0. The van der Waals surface area contributed by atoms with E-state index in [-0.39, 0.29) is 25.4 Å². The van der Waals surface area contributed by atoms with Crippen molar-refractivity contribution in [3.8, 4) is 0 Å². The van der Waals surface area contributed by atoms with Gasteiger partial charge in [0.15, 0.2) is 6.10 Å². The van der Waals surface area contributed by atoms with E-state index in [0.29, 0.717) is 6.42 Å². The lowest BCUT2D eigenvalue weighted by Crippen LogP contribution is -2.38. The Morgan fingerprint density at radius 2 is 2.20 bits per heavy atom. The average Bonchev–Trinajstić information content (AvgIpc) is 2.17. The van der Waals surface area contributed by atoms with Crippen molar-refractivity contribution < 1.29 is 27.4 Å². The Balaban J connectivity index is 2.46. The minimum Gasteiger partial charge on any atom is -0.469 e. The summed E-state index contributed by atoms with van der Waals surface area (Å²) in [5.74, 6) is -0.763. The van der Waals surface area contributed by atoms with Crippen molar-refractivity contribution in [1.29, 1.82) is 0 Å². The molecule has 0 aromatic heterocycles. The largest absolute Gasteiger partial charge is 0.469 e. The fourth-order valence-electron chi connectivity index (χ4n) is 1.60. The van der Waals surface area contributed by atoms with Crippen molar-refractivity contribution in [3.05, 3.63) is 0 Å². The van der Waals surface area contributed by atoms with Crippen LogP contribution in [0.5, 0.6) is 0 Å². The van der Waals surface area contributed by atoms with Crippen LogP contribution in [0.1, 0.15) is 19.3 Å². The summed E-state index contributed by atoms with van der Waals surface area (Å²) >= 11 is 0. The maximum absolute atomic E-state index is 12.3. The first-order valence-electron chi connectivity index (χ1n) is 4.68. The highest BCUT2D eigenvalue weighted by atomic mass is 19.4. The van der Waals surface area contributed by atoms with Gasteiger partial charge in [0.05, 0.1) is 7.11 Å². The third-order valence-corrected chi connectivity index (χ3v) is 2.44. The summed E-state index contributed by atoms with van der Waals surface area (Å²) in [4.78, 5) is 10.9.